The van der Waals surface area contributed by atoms with E-state index in [1.165, 1.54) is 37.4 Å². The van der Waals surface area contributed by atoms with Crippen molar-refractivity contribution >= 4 is 61.9 Å². The minimum absolute atomic E-state index is 0.446. The fraction of sp³-hybridized carbons (Fsp3) is 0.0233. The first kappa shape index (κ1) is 36.2. The quantitative estimate of drug-likeness (QED) is 0.0902. The summed E-state index contributed by atoms with van der Waals surface area (Å²) in [7, 11) is -0.892. The van der Waals surface area contributed by atoms with Gasteiger partial charge in [-0.05, 0) is 47.7 Å². The summed E-state index contributed by atoms with van der Waals surface area (Å²) < 4.78 is 0. The van der Waals surface area contributed by atoms with Crippen molar-refractivity contribution in [3.05, 3.63) is 218 Å². The summed E-state index contributed by atoms with van der Waals surface area (Å²) in [6.45, 7) is 2.03. The van der Waals surface area contributed by atoms with E-state index in [0.29, 0.717) is 0 Å². The topological polar surface area (TPSA) is 0 Å². The van der Waals surface area contributed by atoms with Gasteiger partial charge in [-0.3, -0.25) is 0 Å². The van der Waals surface area contributed by atoms with Gasteiger partial charge < -0.3 is 0 Å². The van der Waals surface area contributed by atoms with Gasteiger partial charge in [-0.15, -0.1) is 0 Å². The minimum Gasteiger partial charge on any atom is -0.0622 e. The molecule has 0 spiro atoms. The van der Waals surface area contributed by atoms with Crippen molar-refractivity contribution in [3.8, 4) is 0 Å². The maximum absolute atomic E-state index is 3.69. The van der Waals surface area contributed by atoms with Crippen LogP contribution in [0.2, 0.25) is 0 Å². The molecular weight excluding hydrogens is 717 g/mol. The monoisotopic (exact) mass is 752 g/mol. The summed E-state index contributed by atoms with van der Waals surface area (Å²) in [4.78, 5) is 0. The van der Waals surface area contributed by atoms with E-state index in [0.717, 1.165) is 0 Å². The van der Waals surface area contributed by atoms with Gasteiger partial charge in [-0.2, -0.15) is 35.9 Å². The van der Waals surface area contributed by atoms with Gasteiger partial charge in [0.15, 0.2) is 0 Å². The Balaban J connectivity index is 0.000000170. The van der Waals surface area contributed by atoms with E-state index in [9.17, 15) is 0 Å². The molecule has 0 aromatic heterocycles. The van der Waals surface area contributed by atoms with Crippen LogP contribution in [0.15, 0.2) is 206 Å². The molecule has 0 saturated heterocycles. The van der Waals surface area contributed by atoms with Crippen LogP contribution in [0.1, 0.15) is 5.56 Å². The Bertz CT molecular complexity index is 1470. The van der Waals surface area contributed by atoms with Crippen LogP contribution in [0, 0.1) is 13.0 Å². The second-order valence-corrected chi connectivity index (χ2v) is 14.7. The number of halogens is 1. The second kappa shape index (κ2) is 21.3. The predicted octanol–water partition coefficient (Wildman–Crippen LogP) is 9.53. The molecule has 0 atom stereocenters. The Hall–Kier alpha value is -3.63. The third-order valence-corrected chi connectivity index (χ3v) is 11.8. The van der Waals surface area contributed by atoms with Crippen molar-refractivity contribution in [2.75, 3.05) is 0 Å². The van der Waals surface area contributed by atoms with Crippen LogP contribution < -0.4 is 31.8 Å². The van der Waals surface area contributed by atoms with Gasteiger partial charge in [-0.1, -0.05) is 189 Å². The molecule has 0 aliphatic carbocycles. The second-order valence-electron chi connectivity index (χ2n) is 10.2. The summed E-state index contributed by atoms with van der Waals surface area (Å²) in [5.74, 6) is 0. The maximum Gasteiger partial charge on any atom is -0.0134 e. The fourth-order valence-corrected chi connectivity index (χ4v) is 9.45. The molecule has 237 valence electrons. The zero-order chi connectivity index (χ0) is 32.9. The Labute approximate surface area is 298 Å². The van der Waals surface area contributed by atoms with E-state index in [1.54, 1.807) is 0 Å². The molecule has 0 amide bonds. The van der Waals surface area contributed by atoms with Crippen molar-refractivity contribution in [1.29, 1.82) is 0 Å². The summed E-state index contributed by atoms with van der Waals surface area (Å²) in [6.07, 6.45) is 0. The number of hydrogen-bond donors (Lipinski definition) is 0. The van der Waals surface area contributed by atoms with Crippen LogP contribution in [-0.4, -0.2) is 0 Å². The molecule has 7 aromatic carbocycles. The Morgan fingerprint density at radius 1 is 0.340 bits per heavy atom. The maximum atomic E-state index is 3.69. The SMILES string of the molecule is Cc1[c-]cccc1.[Ni][Br].c1ccc(P(c2ccccc2)c2ccccc2)cc1.c1ccc(P(c2ccccc2)c2ccccc2)cc1. The fourth-order valence-electron chi connectivity index (χ4n) is 4.84. The molecule has 7 rings (SSSR count). The summed E-state index contributed by atoms with van der Waals surface area (Å²) >= 11 is 6.25. The van der Waals surface area contributed by atoms with Gasteiger partial charge >= 0.3 is 27.9 Å². The van der Waals surface area contributed by atoms with E-state index in [1.807, 2.05) is 31.2 Å². The average molecular weight is 754 g/mol. The van der Waals surface area contributed by atoms with Crippen LogP contribution in [-0.2, 0) is 13.7 Å². The molecular formula is C43H37BrNiP2-. The molecule has 0 bridgehead atoms. The molecule has 0 unspecified atom stereocenters. The first-order valence-corrected chi connectivity index (χ1v) is 20.4. The number of rotatable bonds is 6. The largest absolute Gasteiger partial charge is 0.0622 e. The van der Waals surface area contributed by atoms with Crippen LogP contribution in [0.3, 0.4) is 0 Å². The smallest absolute Gasteiger partial charge is 0.0134 e. The molecule has 0 fully saturated rings. The molecule has 4 heteroatoms. The van der Waals surface area contributed by atoms with E-state index < -0.39 is 15.8 Å². The van der Waals surface area contributed by atoms with Crippen molar-refractivity contribution in [2.45, 2.75) is 6.92 Å². The number of benzene rings is 7. The van der Waals surface area contributed by atoms with Gasteiger partial charge in [0.05, 0.1) is 0 Å². The molecule has 47 heavy (non-hydrogen) atoms. The van der Waals surface area contributed by atoms with E-state index in [-0.39, 0.29) is 0 Å². The minimum atomic E-state index is -0.446. The zero-order valence-electron chi connectivity index (χ0n) is 26.2. The predicted molar refractivity (Wildman–Crippen MR) is 209 cm³/mol. The Morgan fingerprint density at radius 3 is 0.702 bits per heavy atom. The molecule has 0 aliphatic heterocycles. The van der Waals surface area contributed by atoms with Gasteiger partial charge in [0.1, 0.15) is 0 Å². The van der Waals surface area contributed by atoms with E-state index >= 15 is 0 Å². The van der Waals surface area contributed by atoms with Crippen molar-refractivity contribution in [3.63, 3.8) is 0 Å². The molecule has 0 radical (unpaired) electrons. The van der Waals surface area contributed by atoms with Gasteiger partial charge in [-0.25, -0.2) is 0 Å². The molecule has 7 aromatic rings. The third-order valence-electron chi connectivity index (χ3n) is 6.95. The van der Waals surface area contributed by atoms with Crippen LogP contribution in [0.5, 0.6) is 0 Å². The Kier molecular flexibility index (Phi) is 16.4. The molecule has 0 aliphatic rings. The first-order chi connectivity index (χ1) is 23.3. The molecule has 0 saturated carbocycles. The number of hydrogen-bond acceptors (Lipinski definition) is 0. The number of aryl methyl sites for hydroxylation is 1. The van der Waals surface area contributed by atoms with Crippen LogP contribution in [0.4, 0.5) is 0 Å². The zero-order valence-corrected chi connectivity index (χ0v) is 30.6. The molecule has 0 heterocycles. The van der Waals surface area contributed by atoms with E-state index in [4.69, 9.17) is 0 Å². The van der Waals surface area contributed by atoms with Gasteiger partial charge in [0.25, 0.3) is 0 Å². The first-order valence-electron chi connectivity index (χ1n) is 15.3. The standard InChI is InChI=1S/2C18H15P.C7H7.BrH.Ni/c2*1-4-10-16(11-5-1)19(17-12-6-2-7-13-17)18-14-8-3-9-15-18;1-7-5-3-2-4-6-7;;/h2*1-15H;2-5H,1H3;1H;/q;;-1;;+1/p-1. The summed E-state index contributed by atoms with van der Waals surface area (Å²) in [5.41, 5.74) is 1.20. The van der Waals surface area contributed by atoms with Crippen molar-refractivity contribution < 1.29 is 13.7 Å². The Morgan fingerprint density at radius 2 is 0.553 bits per heavy atom. The average Bonchev–Trinajstić information content (AvgIpc) is 3.16. The van der Waals surface area contributed by atoms with Gasteiger partial charge in [0, 0.05) is 0 Å². The molecule has 0 nitrogen and oxygen atoms in total. The molecule has 0 N–H and O–H groups in total. The van der Waals surface area contributed by atoms with E-state index in [2.05, 4.69) is 216 Å². The summed E-state index contributed by atoms with van der Waals surface area (Å²) in [6, 6.07) is 75.6. The van der Waals surface area contributed by atoms with Crippen LogP contribution >= 0.6 is 30.1 Å². The van der Waals surface area contributed by atoms with Crippen molar-refractivity contribution in [2.24, 2.45) is 0 Å². The van der Waals surface area contributed by atoms with Gasteiger partial charge in [0.2, 0.25) is 0 Å². The summed E-state index contributed by atoms with van der Waals surface area (Å²) in [5, 5.41) is 8.39. The van der Waals surface area contributed by atoms with Crippen LogP contribution in [0.25, 0.3) is 0 Å². The van der Waals surface area contributed by atoms with Crippen molar-refractivity contribution in [1.82, 2.24) is 0 Å². The normalized spacial score (nSPS) is 10.0. The third kappa shape index (κ3) is 11.8.